The minimum atomic E-state index is 0.00250. The first-order valence-corrected chi connectivity index (χ1v) is 7.65. The van der Waals surface area contributed by atoms with E-state index in [9.17, 15) is 4.79 Å². The number of carbonyl (C=O) groups excluding carboxylic acids is 1. The summed E-state index contributed by atoms with van der Waals surface area (Å²) in [5.41, 5.74) is 0.700. The molecule has 2 atom stereocenters. The van der Waals surface area contributed by atoms with Crippen molar-refractivity contribution < 1.29 is 4.79 Å². The molecular weight excluding hydrogens is 314 g/mol. The van der Waals surface area contributed by atoms with Crippen molar-refractivity contribution in [1.29, 1.82) is 0 Å². The van der Waals surface area contributed by atoms with Gasteiger partial charge in [-0.2, -0.15) is 0 Å². The SMILES string of the molecule is O=C(NC1CCCC(CCl)C1)c1ccccc1Br. The van der Waals surface area contributed by atoms with Crippen LogP contribution < -0.4 is 5.32 Å². The Kier molecular flexibility index (Phi) is 5.07. The molecule has 0 saturated heterocycles. The molecule has 0 aromatic heterocycles. The molecule has 1 amide bonds. The summed E-state index contributed by atoms with van der Waals surface area (Å²) in [5, 5.41) is 3.11. The van der Waals surface area contributed by atoms with E-state index in [1.165, 1.54) is 6.42 Å². The first kappa shape index (κ1) is 13.9. The molecule has 1 fully saturated rings. The van der Waals surface area contributed by atoms with Crippen LogP contribution in [0.1, 0.15) is 36.0 Å². The van der Waals surface area contributed by atoms with E-state index in [1.54, 1.807) is 0 Å². The summed E-state index contributed by atoms with van der Waals surface area (Å²) < 4.78 is 0.840. The molecule has 1 aliphatic rings. The fraction of sp³-hybridized carbons (Fsp3) is 0.500. The molecular formula is C14H17BrClNO. The summed E-state index contributed by atoms with van der Waals surface area (Å²) in [5.74, 6) is 1.24. The molecule has 98 valence electrons. The van der Waals surface area contributed by atoms with E-state index in [2.05, 4.69) is 21.2 Å². The highest BCUT2D eigenvalue weighted by Crippen LogP contribution is 2.25. The Balaban J connectivity index is 1.97. The summed E-state index contributed by atoms with van der Waals surface area (Å²) in [6, 6.07) is 7.77. The molecule has 1 aromatic rings. The highest BCUT2D eigenvalue weighted by Gasteiger charge is 2.23. The van der Waals surface area contributed by atoms with Crippen molar-refractivity contribution in [2.45, 2.75) is 31.7 Å². The smallest absolute Gasteiger partial charge is 0.252 e. The minimum absolute atomic E-state index is 0.00250. The maximum Gasteiger partial charge on any atom is 0.252 e. The molecule has 0 aliphatic heterocycles. The third-order valence-corrected chi connectivity index (χ3v) is 4.58. The number of nitrogens with one attached hydrogen (secondary N) is 1. The van der Waals surface area contributed by atoms with Gasteiger partial charge < -0.3 is 5.32 Å². The number of carbonyl (C=O) groups is 1. The lowest BCUT2D eigenvalue weighted by Gasteiger charge is -2.28. The Morgan fingerprint density at radius 3 is 2.89 bits per heavy atom. The highest BCUT2D eigenvalue weighted by atomic mass is 79.9. The Morgan fingerprint density at radius 1 is 1.39 bits per heavy atom. The number of alkyl halides is 1. The Hall–Kier alpha value is -0.540. The fourth-order valence-corrected chi connectivity index (χ4v) is 3.22. The van der Waals surface area contributed by atoms with Crippen LogP contribution in [0.15, 0.2) is 28.7 Å². The molecule has 2 nitrogen and oxygen atoms in total. The van der Waals surface area contributed by atoms with Crippen LogP contribution in [0.5, 0.6) is 0 Å². The van der Waals surface area contributed by atoms with E-state index in [1.807, 2.05) is 24.3 Å². The van der Waals surface area contributed by atoms with Crippen molar-refractivity contribution in [2.24, 2.45) is 5.92 Å². The van der Waals surface area contributed by atoms with E-state index >= 15 is 0 Å². The third-order valence-electron chi connectivity index (χ3n) is 3.45. The number of rotatable bonds is 3. The third kappa shape index (κ3) is 3.48. The van der Waals surface area contributed by atoms with Gasteiger partial charge in [0.2, 0.25) is 0 Å². The van der Waals surface area contributed by atoms with Gasteiger partial charge >= 0.3 is 0 Å². The van der Waals surface area contributed by atoms with Crippen molar-refractivity contribution in [1.82, 2.24) is 5.32 Å². The second-order valence-electron chi connectivity index (χ2n) is 4.84. The molecule has 2 rings (SSSR count). The first-order valence-electron chi connectivity index (χ1n) is 6.32. The zero-order valence-electron chi connectivity index (χ0n) is 10.2. The van der Waals surface area contributed by atoms with Crippen molar-refractivity contribution >= 4 is 33.4 Å². The standard InChI is InChI=1S/C14H17BrClNO/c15-13-7-2-1-6-12(13)14(18)17-11-5-3-4-10(8-11)9-16/h1-2,6-7,10-11H,3-5,8-9H2,(H,17,18). The minimum Gasteiger partial charge on any atom is -0.349 e. The molecule has 0 heterocycles. The van der Waals surface area contributed by atoms with Gasteiger partial charge in [0.1, 0.15) is 0 Å². The topological polar surface area (TPSA) is 29.1 Å². The largest absolute Gasteiger partial charge is 0.349 e. The molecule has 0 radical (unpaired) electrons. The van der Waals surface area contributed by atoms with Crippen LogP contribution >= 0.6 is 27.5 Å². The number of hydrogen-bond donors (Lipinski definition) is 1. The van der Waals surface area contributed by atoms with Crippen LogP contribution in [0.2, 0.25) is 0 Å². The van der Waals surface area contributed by atoms with Gasteiger partial charge in [0.25, 0.3) is 5.91 Å². The maximum atomic E-state index is 12.2. The van der Waals surface area contributed by atoms with Crippen LogP contribution in [-0.4, -0.2) is 17.8 Å². The van der Waals surface area contributed by atoms with Gasteiger partial charge in [-0.3, -0.25) is 4.79 Å². The van der Waals surface area contributed by atoms with Gasteiger partial charge in [-0.1, -0.05) is 18.6 Å². The molecule has 1 aromatic carbocycles. The summed E-state index contributed by atoms with van der Waals surface area (Å²) in [4.78, 5) is 12.2. The highest BCUT2D eigenvalue weighted by molar-refractivity contribution is 9.10. The lowest BCUT2D eigenvalue weighted by atomic mass is 9.87. The first-order chi connectivity index (χ1) is 8.70. The van der Waals surface area contributed by atoms with Gasteiger partial charge in [-0.25, -0.2) is 0 Å². The molecule has 1 N–H and O–H groups in total. The number of hydrogen-bond acceptors (Lipinski definition) is 1. The fourth-order valence-electron chi connectivity index (χ4n) is 2.47. The van der Waals surface area contributed by atoms with Crippen LogP contribution in [0, 0.1) is 5.92 Å². The van der Waals surface area contributed by atoms with E-state index in [0.717, 1.165) is 23.7 Å². The lowest BCUT2D eigenvalue weighted by Crippen LogP contribution is -2.38. The molecule has 0 spiro atoms. The quantitative estimate of drug-likeness (QED) is 0.835. The van der Waals surface area contributed by atoms with Crippen LogP contribution in [0.4, 0.5) is 0 Å². The van der Waals surface area contributed by atoms with Crippen molar-refractivity contribution in [3.8, 4) is 0 Å². The molecule has 2 unspecified atom stereocenters. The van der Waals surface area contributed by atoms with Crippen LogP contribution in [0.25, 0.3) is 0 Å². The normalized spacial score (nSPS) is 23.7. The van der Waals surface area contributed by atoms with E-state index in [4.69, 9.17) is 11.6 Å². The Bertz CT molecular complexity index is 424. The predicted molar refractivity (Wildman–Crippen MR) is 78.1 cm³/mol. The van der Waals surface area contributed by atoms with Gasteiger partial charge in [0.15, 0.2) is 0 Å². The average molecular weight is 331 g/mol. The number of amides is 1. The summed E-state index contributed by atoms with van der Waals surface area (Å²) in [6.07, 6.45) is 4.40. The Morgan fingerprint density at radius 2 is 2.17 bits per heavy atom. The van der Waals surface area contributed by atoms with Crippen LogP contribution in [0.3, 0.4) is 0 Å². The molecule has 18 heavy (non-hydrogen) atoms. The Labute approximate surface area is 121 Å². The van der Waals surface area contributed by atoms with E-state index < -0.39 is 0 Å². The van der Waals surface area contributed by atoms with Gasteiger partial charge in [-0.05, 0) is 53.2 Å². The summed E-state index contributed by atoms with van der Waals surface area (Å²) in [7, 11) is 0. The summed E-state index contributed by atoms with van der Waals surface area (Å²) in [6.45, 7) is 0. The lowest BCUT2D eigenvalue weighted by molar-refractivity contribution is 0.0921. The number of benzene rings is 1. The van der Waals surface area contributed by atoms with Crippen LogP contribution in [-0.2, 0) is 0 Å². The molecule has 1 saturated carbocycles. The van der Waals surface area contributed by atoms with Crippen molar-refractivity contribution in [3.63, 3.8) is 0 Å². The van der Waals surface area contributed by atoms with E-state index in [-0.39, 0.29) is 11.9 Å². The van der Waals surface area contributed by atoms with Crippen molar-refractivity contribution in [2.75, 3.05) is 5.88 Å². The second kappa shape index (κ2) is 6.58. The predicted octanol–water partition coefficient (Wildman–Crippen LogP) is 3.98. The molecule has 0 bridgehead atoms. The second-order valence-corrected chi connectivity index (χ2v) is 6.00. The zero-order valence-corrected chi connectivity index (χ0v) is 12.5. The molecule has 4 heteroatoms. The van der Waals surface area contributed by atoms with Gasteiger partial charge in [0, 0.05) is 16.4 Å². The van der Waals surface area contributed by atoms with E-state index in [0.29, 0.717) is 17.4 Å². The maximum absolute atomic E-state index is 12.2. The monoisotopic (exact) mass is 329 g/mol. The molecule has 1 aliphatic carbocycles. The average Bonchev–Trinajstić information content (AvgIpc) is 2.39. The summed E-state index contributed by atoms with van der Waals surface area (Å²) >= 11 is 9.31. The van der Waals surface area contributed by atoms with Gasteiger partial charge in [-0.15, -0.1) is 11.6 Å². The number of halogens is 2. The zero-order chi connectivity index (χ0) is 13.0. The van der Waals surface area contributed by atoms with Gasteiger partial charge in [0.05, 0.1) is 5.56 Å². The van der Waals surface area contributed by atoms with Crippen molar-refractivity contribution in [3.05, 3.63) is 34.3 Å².